The predicted octanol–water partition coefficient (Wildman–Crippen LogP) is 1.16. The molecule has 116 valence electrons. The van der Waals surface area contributed by atoms with E-state index in [1.807, 2.05) is 50.7 Å². The highest BCUT2D eigenvalue weighted by atomic mass is 16.2. The second-order valence-electron chi connectivity index (χ2n) is 5.99. The molecule has 1 saturated heterocycles. The van der Waals surface area contributed by atoms with Crippen LogP contribution < -0.4 is 9.80 Å². The number of rotatable bonds is 3. The summed E-state index contributed by atoms with van der Waals surface area (Å²) in [6.07, 6.45) is 0. The highest BCUT2D eigenvalue weighted by molar-refractivity contribution is 5.78. The summed E-state index contributed by atoms with van der Waals surface area (Å²) < 4.78 is 0. The topological polar surface area (TPSA) is 52.6 Å². The van der Waals surface area contributed by atoms with Gasteiger partial charge in [0.2, 0.25) is 5.91 Å². The van der Waals surface area contributed by atoms with Crippen molar-refractivity contribution in [3.63, 3.8) is 0 Å². The van der Waals surface area contributed by atoms with E-state index in [-0.39, 0.29) is 11.8 Å². The Morgan fingerprint density at radius 3 is 2.33 bits per heavy atom. The first-order valence-corrected chi connectivity index (χ1v) is 7.45. The second-order valence-corrected chi connectivity index (χ2v) is 5.99. The molecular formula is C15H25N5O. The Kier molecular flexibility index (Phi) is 4.65. The lowest BCUT2D eigenvalue weighted by atomic mass is 10.1. The van der Waals surface area contributed by atoms with E-state index < -0.39 is 0 Å². The number of hydrogen-bond acceptors (Lipinski definition) is 5. The van der Waals surface area contributed by atoms with Gasteiger partial charge in [-0.1, -0.05) is 13.8 Å². The number of piperazine rings is 1. The largest absolute Gasteiger partial charge is 0.363 e. The number of hydrogen-bond donors (Lipinski definition) is 0. The van der Waals surface area contributed by atoms with Crippen molar-refractivity contribution in [1.82, 2.24) is 14.9 Å². The molecular weight excluding hydrogens is 266 g/mol. The fraction of sp³-hybridized carbons (Fsp3) is 0.667. The van der Waals surface area contributed by atoms with Crippen LogP contribution >= 0.6 is 0 Å². The van der Waals surface area contributed by atoms with Crippen molar-refractivity contribution in [2.24, 2.45) is 5.92 Å². The lowest BCUT2D eigenvalue weighted by molar-refractivity contribution is -0.134. The molecule has 21 heavy (non-hydrogen) atoms. The van der Waals surface area contributed by atoms with E-state index in [4.69, 9.17) is 0 Å². The van der Waals surface area contributed by atoms with Crippen LogP contribution in [-0.2, 0) is 4.79 Å². The van der Waals surface area contributed by atoms with E-state index >= 15 is 0 Å². The normalized spacial score (nSPS) is 15.5. The van der Waals surface area contributed by atoms with Crippen molar-refractivity contribution in [3.05, 3.63) is 11.9 Å². The molecule has 1 aliphatic rings. The summed E-state index contributed by atoms with van der Waals surface area (Å²) in [5.74, 6) is 2.94. The van der Waals surface area contributed by atoms with Crippen LogP contribution in [0.25, 0.3) is 0 Å². The third-order valence-corrected chi connectivity index (χ3v) is 3.68. The van der Waals surface area contributed by atoms with E-state index in [9.17, 15) is 4.79 Å². The molecule has 1 aromatic rings. The number of nitrogens with zero attached hydrogens (tertiary/aromatic N) is 5. The fourth-order valence-electron chi connectivity index (χ4n) is 2.45. The number of aromatic nitrogens is 2. The van der Waals surface area contributed by atoms with Crippen molar-refractivity contribution in [2.75, 3.05) is 50.1 Å². The van der Waals surface area contributed by atoms with Crippen LogP contribution in [0.3, 0.4) is 0 Å². The first-order chi connectivity index (χ1) is 9.88. The van der Waals surface area contributed by atoms with E-state index in [0.717, 1.165) is 43.6 Å². The number of anilines is 2. The zero-order valence-corrected chi connectivity index (χ0v) is 13.6. The summed E-state index contributed by atoms with van der Waals surface area (Å²) in [4.78, 5) is 27.1. The maximum atomic E-state index is 12.0. The Morgan fingerprint density at radius 2 is 1.81 bits per heavy atom. The molecule has 6 nitrogen and oxygen atoms in total. The summed E-state index contributed by atoms with van der Waals surface area (Å²) in [6.45, 7) is 8.98. The molecule has 2 rings (SSSR count). The van der Waals surface area contributed by atoms with E-state index in [1.54, 1.807) is 0 Å². The first-order valence-electron chi connectivity index (χ1n) is 7.45. The molecule has 6 heteroatoms. The summed E-state index contributed by atoms with van der Waals surface area (Å²) in [5, 5.41) is 0. The van der Waals surface area contributed by atoms with Gasteiger partial charge in [0.25, 0.3) is 0 Å². The van der Waals surface area contributed by atoms with Crippen LogP contribution in [0.4, 0.5) is 11.6 Å². The van der Waals surface area contributed by atoms with Crippen LogP contribution in [0.15, 0.2) is 6.07 Å². The van der Waals surface area contributed by atoms with Crippen LogP contribution in [-0.4, -0.2) is 61.0 Å². The average Bonchev–Trinajstić information content (AvgIpc) is 2.45. The van der Waals surface area contributed by atoms with Gasteiger partial charge in [-0.25, -0.2) is 9.97 Å². The van der Waals surface area contributed by atoms with Crippen molar-refractivity contribution in [1.29, 1.82) is 0 Å². The molecule has 0 aromatic carbocycles. The molecule has 0 aliphatic carbocycles. The molecule has 0 N–H and O–H groups in total. The maximum Gasteiger partial charge on any atom is 0.225 e. The van der Waals surface area contributed by atoms with Crippen molar-refractivity contribution in [2.45, 2.75) is 20.8 Å². The molecule has 1 amide bonds. The van der Waals surface area contributed by atoms with E-state index in [0.29, 0.717) is 0 Å². The summed E-state index contributed by atoms with van der Waals surface area (Å²) in [5.41, 5.74) is 0. The third-order valence-electron chi connectivity index (χ3n) is 3.68. The molecule has 0 unspecified atom stereocenters. The Morgan fingerprint density at radius 1 is 1.19 bits per heavy atom. The molecule has 0 atom stereocenters. The quantitative estimate of drug-likeness (QED) is 0.836. The molecule has 1 aromatic heterocycles. The van der Waals surface area contributed by atoms with Gasteiger partial charge in [0.05, 0.1) is 0 Å². The van der Waals surface area contributed by atoms with Crippen molar-refractivity contribution in [3.8, 4) is 0 Å². The van der Waals surface area contributed by atoms with Gasteiger partial charge < -0.3 is 14.7 Å². The molecule has 0 bridgehead atoms. The average molecular weight is 291 g/mol. The predicted molar refractivity (Wildman–Crippen MR) is 84.7 cm³/mol. The molecule has 1 aliphatic heterocycles. The van der Waals surface area contributed by atoms with Gasteiger partial charge in [0.15, 0.2) is 0 Å². The van der Waals surface area contributed by atoms with E-state index in [2.05, 4.69) is 14.9 Å². The highest BCUT2D eigenvalue weighted by Crippen LogP contribution is 2.19. The van der Waals surface area contributed by atoms with Crippen LogP contribution in [0.1, 0.15) is 19.7 Å². The molecule has 2 heterocycles. The lowest BCUT2D eigenvalue weighted by Gasteiger charge is -2.36. The summed E-state index contributed by atoms with van der Waals surface area (Å²) in [6, 6.07) is 2.01. The zero-order valence-electron chi connectivity index (χ0n) is 13.6. The van der Waals surface area contributed by atoms with Gasteiger partial charge in [-0.05, 0) is 6.92 Å². The Hall–Kier alpha value is -1.85. The zero-order chi connectivity index (χ0) is 15.6. The van der Waals surface area contributed by atoms with E-state index in [1.165, 1.54) is 0 Å². The Labute approximate surface area is 126 Å². The van der Waals surface area contributed by atoms with Gasteiger partial charge >= 0.3 is 0 Å². The van der Waals surface area contributed by atoms with Gasteiger partial charge in [-0.3, -0.25) is 4.79 Å². The number of aryl methyl sites for hydroxylation is 1. The second kappa shape index (κ2) is 6.28. The summed E-state index contributed by atoms with van der Waals surface area (Å²) in [7, 11) is 3.95. The number of carbonyl (C=O) groups excluding carboxylic acids is 1. The monoisotopic (exact) mass is 291 g/mol. The molecule has 0 saturated carbocycles. The maximum absolute atomic E-state index is 12.0. The van der Waals surface area contributed by atoms with Gasteiger partial charge in [0.1, 0.15) is 17.5 Å². The Balaban J connectivity index is 2.07. The van der Waals surface area contributed by atoms with Crippen LogP contribution in [0.5, 0.6) is 0 Å². The molecule has 1 fully saturated rings. The molecule has 0 spiro atoms. The summed E-state index contributed by atoms with van der Waals surface area (Å²) >= 11 is 0. The minimum atomic E-state index is 0.0678. The first kappa shape index (κ1) is 15.5. The Bertz CT molecular complexity index is 507. The minimum absolute atomic E-state index is 0.0678. The van der Waals surface area contributed by atoms with Crippen molar-refractivity contribution >= 4 is 17.5 Å². The van der Waals surface area contributed by atoms with Gasteiger partial charge in [-0.15, -0.1) is 0 Å². The SMILES string of the molecule is Cc1nc(N(C)C)cc(N2CCN(C(=O)C(C)C)CC2)n1. The minimum Gasteiger partial charge on any atom is -0.363 e. The molecule has 0 radical (unpaired) electrons. The van der Waals surface area contributed by atoms with Crippen molar-refractivity contribution < 1.29 is 4.79 Å². The van der Waals surface area contributed by atoms with Gasteiger partial charge in [0, 0.05) is 52.3 Å². The van der Waals surface area contributed by atoms with Crippen LogP contribution in [0, 0.1) is 12.8 Å². The standard InChI is InChI=1S/C15H25N5O/c1-11(2)15(21)20-8-6-19(7-9-20)14-10-13(18(4)5)16-12(3)17-14/h10-11H,6-9H2,1-5H3. The number of carbonyl (C=O) groups is 1. The smallest absolute Gasteiger partial charge is 0.225 e. The number of amides is 1. The fourth-order valence-corrected chi connectivity index (χ4v) is 2.45. The highest BCUT2D eigenvalue weighted by Gasteiger charge is 2.23. The van der Waals surface area contributed by atoms with Gasteiger partial charge in [-0.2, -0.15) is 0 Å². The third kappa shape index (κ3) is 3.62. The lowest BCUT2D eigenvalue weighted by Crippen LogP contribution is -2.50. The van der Waals surface area contributed by atoms with Crippen LogP contribution in [0.2, 0.25) is 0 Å².